The lowest BCUT2D eigenvalue weighted by atomic mass is 10.0. The highest BCUT2D eigenvalue weighted by Crippen LogP contribution is 2.22. The van der Waals surface area contributed by atoms with Crippen molar-refractivity contribution < 1.29 is 29.4 Å². The number of halogens is 1. The van der Waals surface area contributed by atoms with Gasteiger partial charge < -0.3 is 15.5 Å². The maximum absolute atomic E-state index is 13.0. The number of phenolic OH excluding ortho intramolecular Hbond substituents is 1. The fraction of sp³-hybridized carbons (Fsp3) is 0.107. The van der Waals surface area contributed by atoms with Crippen molar-refractivity contribution >= 4 is 46.1 Å². The summed E-state index contributed by atoms with van der Waals surface area (Å²) in [6, 6.07) is 18.8. The molecule has 1 heterocycles. The molecule has 0 unspecified atom stereocenters. The van der Waals surface area contributed by atoms with Gasteiger partial charge in [-0.2, -0.15) is 0 Å². The third kappa shape index (κ3) is 6.38. The van der Waals surface area contributed by atoms with E-state index >= 15 is 0 Å². The molecule has 0 spiro atoms. The van der Waals surface area contributed by atoms with Gasteiger partial charge >= 0.3 is 5.97 Å². The monoisotopic (exact) mass is 546 g/mol. The van der Waals surface area contributed by atoms with Gasteiger partial charge in [0.1, 0.15) is 11.4 Å². The number of ketones is 1. The highest BCUT2D eigenvalue weighted by molar-refractivity contribution is 6.34. The number of carboxylic acids is 1. The topological polar surface area (TPSA) is 163 Å². The van der Waals surface area contributed by atoms with E-state index in [2.05, 4.69) is 10.3 Å². The number of para-hydroxylation sites is 1. The summed E-state index contributed by atoms with van der Waals surface area (Å²) in [5, 5.41) is 23.0. The first kappa shape index (κ1) is 27.2. The largest absolute Gasteiger partial charge is 0.508 e. The minimum Gasteiger partial charge on any atom is -0.508 e. The first-order valence-corrected chi connectivity index (χ1v) is 12.1. The number of pyridine rings is 1. The number of phenols is 1. The molecule has 5 N–H and O–H groups in total. The van der Waals surface area contributed by atoms with Crippen molar-refractivity contribution in [1.82, 2.24) is 15.3 Å². The van der Waals surface area contributed by atoms with Crippen LogP contribution in [0.1, 0.15) is 43.2 Å². The van der Waals surface area contributed by atoms with Crippen LogP contribution in [-0.2, 0) is 11.3 Å². The number of benzene rings is 3. The number of hydrazine groups is 1. The number of hydrogen-bond acceptors (Lipinski definition) is 7. The average Bonchev–Trinajstić information content (AvgIpc) is 2.93. The third-order valence-electron chi connectivity index (χ3n) is 5.94. The molecule has 2 amide bonds. The molecule has 0 bridgehead atoms. The SMILES string of the molecule is NN(C(=O)c1ccc(C(=O)NCc2cccc(O)c2)cc1Cl)[C@@H](CC(=O)c1ccc2ccccc2n1)C(=O)O. The van der Waals surface area contributed by atoms with Crippen LogP contribution in [0.2, 0.25) is 5.02 Å². The number of Topliss-reactive ketones (excluding diaryl/α,β-unsaturated/α-hetero) is 1. The molecule has 4 rings (SSSR count). The van der Waals surface area contributed by atoms with Gasteiger partial charge in [-0.05, 0) is 48.0 Å². The Balaban J connectivity index is 1.46. The Morgan fingerprint density at radius 1 is 0.974 bits per heavy atom. The second-order valence-electron chi connectivity index (χ2n) is 8.63. The Morgan fingerprint density at radius 2 is 1.74 bits per heavy atom. The molecule has 4 aromatic rings. The Bertz CT molecular complexity index is 1590. The van der Waals surface area contributed by atoms with Gasteiger partial charge in [-0.3, -0.25) is 19.4 Å². The van der Waals surface area contributed by atoms with Crippen molar-refractivity contribution in [3.8, 4) is 5.75 Å². The van der Waals surface area contributed by atoms with Gasteiger partial charge in [0.25, 0.3) is 11.8 Å². The molecule has 1 aromatic heterocycles. The molecule has 0 aliphatic rings. The molecule has 10 nitrogen and oxygen atoms in total. The number of aromatic hydroxyl groups is 1. The number of aromatic nitrogens is 1. The summed E-state index contributed by atoms with van der Waals surface area (Å²) in [4.78, 5) is 54.6. The van der Waals surface area contributed by atoms with Crippen molar-refractivity contribution in [2.75, 3.05) is 0 Å². The van der Waals surface area contributed by atoms with Crippen LogP contribution in [0.5, 0.6) is 5.75 Å². The molecule has 1 atom stereocenters. The molecule has 0 aliphatic heterocycles. The molecule has 198 valence electrons. The van der Waals surface area contributed by atoms with Crippen molar-refractivity contribution in [1.29, 1.82) is 0 Å². The highest BCUT2D eigenvalue weighted by Gasteiger charge is 2.32. The third-order valence-corrected chi connectivity index (χ3v) is 6.26. The molecular weight excluding hydrogens is 524 g/mol. The number of amides is 2. The maximum Gasteiger partial charge on any atom is 0.328 e. The lowest BCUT2D eigenvalue weighted by Gasteiger charge is -2.24. The number of nitrogens with one attached hydrogen (secondary N) is 1. The van der Waals surface area contributed by atoms with Crippen molar-refractivity contribution in [2.24, 2.45) is 5.84 Å². The minimum atomic E-state index is -1.69. The fourth-order valence-corrected chi connectivity index (χ4v) is 4.13. The van der Waals surface area contributed by atoms with Gasteiger partial charge in [0.05, 0.1) is 16.1 Å². The number of nitrogens with zero attached hydrogens (tertiary/aromatic N) is 2. The average molecular weight is 547 g/mol. The Labute approximate surface area is 227 Å². The first-order chi connectivity index (χ1) is 18.6. The van der Waals surface area contributed by atoms with Crippen molar-refractivity contribution in [2.45, 2.75) is 19.0 Å². The number of carbonyl (C=O) groups is 4. The highest BCUT2D eigenvalue weighted by atomic mass is 35.5. The van der Waals surface area contributed by atoms with E-state index in [0.717, 1.165) is 5.39 Å². The zero-order valence-corrected chi connectivity index (χ0v) is 21.1. The number of carboxylic acid groups (broad SMARTS) is 1. The smallest absolute Gasteiger partial charge is 0.328 e. The molecular formula is C28H23ClN4O6. The normalized spacial score (nSPS) is 11.5. The van der Waals surface area contributed by atoms with E-state index < -0.39 is 36.0 Å². The van der Waals surface area contributed by atoms with E-state index in [-0.39, 0.29) is 34.1 Å². The predicted molar refractivity (Wildman–Crippen MR) is 143 cm³/mol. The van der Waals surface area contributed by atoms with Crippen LogP contribution in [-0.4, -0.2) is 49.8 Å². The number of fused-ring (bicyclic) bond motifs is 1. The molecule has 39 heavy (non-hydrogen) atoms. The number of carbonyl (C=O) groups excluding carboxylic acids is 3. The minimum absolute atomic E-state index is 0.0416. The van der Waals surface area contributed by atoms with Crippen molar-refractivity contribution in [3.05, 3.63) is 106 Å². The number of nitrogens with two attached hydrogens (primary N) is 1. The zero-order valence-electron chi connectivity index (χ0n) is 20.4. The van der Waals surface area contributed by atoms with Gasteiger partial charge in [0, 0.05) is 23.9 Å². The van der Waals surface area contributed by atoms with Crippen LogP contribution in [0.15, 0.2) is 78.9 Å². The fourth-order valence-electron chi connectivity index (χ4n) is 3.87. The molecule has 0 aliphatic carbocycles. The second kappa shape index (κ2) is 11.7. The summed E-state index contributed by atoms with van der Waals surface area (Å²) < 4.78 is 0. The lowest BCUT2D eigenvalue weighted by molar-refractivity contribution is -0.142. The van der Waals surface area contributed by atoms with Crippen LogP contribution in [0.3, 0.4) is 0 Å². The van der Waals surface area contributed by atoms with E-state index in [1.54, 1.807) is 30.3 Å². The van der Waals surface area contributed by atoms with Crippen LogP contribution >= 0.6 is 11.6 Å². The van der Waals surface area contributed by atoms with Crippen LogP contribution < -0.4 is 11.2 Å². The first-order valence-electron chi connectivity index (χ1n) is 11.7. The molecule has 3 aromatic carbocycles. The van der Waals surface area contributed by atoms with Crippen LogP contribution in [0, 0.1) is 0 Å². The second-order valence-corrected chi connectivity index (χ2v) is 9.04. The summed E-state index contributed by atoms with van der Waals surface area (Å²) >= 11 is 6.25. The van der Waals surface area contributed by atoms with Crippen LogP contribution in [0.25, 0.3) is 10.9 Å². The molecule has 11 heteroatoms. The Hall–Kier alpha value is -4.80. The van der Waals surface area contributed by atoms with E-state index in [1.807, 2.05) is 12.1 Å². The molecule has 0 saturated carbocycles. The lowest BCUT2D eigenvalue weighted by Crippen LogP contribution is -2.50. The summed E-state index contributed by atoms with van der Waals surface area (Å²) in [7, 11) is 0. The summed E-state index contributed by atoms with van der Waals surface area (Å²) in [5.41, 5.74) is 1.28. The zero-order chi connectivity index (χ0) is 28.1. The predicted octanol–water partition coefficient (Wildman–Crippen LogP) is 3.57. The standard InChI is InChI=1S/C28H23ClN4O6/c29-21-13-18(26(36)31-15-16-4-3-6-19(34)12-16)8-10-20(21)27(37)33(30)24(28(38)39)14-25(35)23-11-9-17-5-1-2-7-22(17)32-23/h1-13,24,34H,14-15,30H2,(H,31,36)(H,38,39)/t24-/m0/s1. The van der Waals surface area contributed by atoms with E-state index in [4.69, 9.17) is 17.4 Å². The van der Waals surface area contributed by atoms with Gasteiger partial charge in [-0.15, -0.1) is 0 Å². The Kier molecular flexibility index (Phi) is 8.18. The Morgan fingerprint density at radius 3 is 2.46 bits per heavy atom. The van der Waals surface area contributed by atoms with Gasteiger partial charge in [0.15, 0.2) is 11.8 Å². The quantitative estimate of drug-likeness (QED) is 0.107. The molecule has 0 radical (unpaired) electrons. The van der Waals surface area contributed by atoms with Gasteiger partial charge in [-0.25, -0.2) is 15.6 Å². The van der Waals surface area contributed by atoms with E-state index in [1.165, 1.54) is 36.4 Å². The summed E-state index contributed by atoms with van der Waals surface area (Å²) in [6.07, 6.45) is -0.615. The number of rotatable bonds is 9. The maximum atomic E-state index is 13.0. The number of hydrogen-bond donors (Lipinski definition) is 4. The van der Waals surface area contributed by atoms with Gasteiger partial charge in [0.2, 0.25) is 0 Å². The van der Waals surface area contributed by atoms with E-state index in [0.29, 0.717) is 16.1 Å². The van der Waals surface area contributed by atoms with E-state index in [9.17, 15) is 29.4 Å². The number of aliphatic carboxylic acids is 1. The van der Waals surface area contributed by atoms with Gasteiger partial charge in [-0.1, -0.05) is 48.0 Å². The summed E-state index contributed by atoms with van der Waals surface area (Å²) in [5.74, 6) is 2.41. The molecule has 0 saturated heterocycles. The van der Waals surface area contributed by atoms with Crippen molar-refractivity contribution in [3.63, 3.8) is 0 Å². The van der Waals surface area contributed by atoms with Crippen LogP contribution in [0.4, 0.5) is 0 Å². The molecule has 0 fully saturated rings. The summed E-state index contributed by atoms with van der Waals surface area (Å²) in [6.45, 7) is 0.141.